The van der Waals surface area contributed by atoms with E-state index in [0.29, 0.717) is 6.04 Å². The van der Waals surface area contributed by atoms with Gasteiger partial charge in [-0.15, -0.1) is 11.3 Å². The van der Waals surface area contributed by atoms with Gasteiger partial charge >= 0.3 is 0 Å². The fourth-order valence-corrected chi connectivity index (χ4v) is 4.04. The number of thiazole rings is 1. The fourth-order valence-electron chi connectivity index (χ4n) is 1.90. The van der Waals surface area contributed by atoms with Crippen LogP contribution in [0.4, 0.5) is 0 Å². The Kier molecular flexibility index (Phi) is 4.02. The Morgan fingerprint density at radius 1 is 1.47 bits per heavy atom. The molecule has 2 aromatic rings. The third-order valence-electron chi connectivity index (χ3n) is 3.08. The zero-order chi connectivity index (χ0) is 13.1. The van der Waals surface area contributed by atoms with Crippen LogP contribution in [0.1, 0.15) is 19.3 Å². The summed E-state index contributed by atoms with van der Waals surface area (Å²) in [5, 5.41) is 12.4. The van der Waals surface area contributed by atoms with Crippen LogP contribution < -0.4 is 5.32 Å². The molecule has 1 heterocycles. The fraction of sp³-hybridized carbons (Fsp3) is 0.429. The van der Waals surface area contributed by atoms with Gasteiger partial charge in [0.05, 0.1) is 22.3 Å². The van der Waals surface area contributed by atoms with E-state index in [2.05, 4.69) is 22.4 Å². The molecule has 1 N–H and O–H groups in total. The van der Waals surface area contributed by atoms with Crippen molar-refractivity contribution in [1.82, 2.24) is 10.3 Å². The Morgan fingerprint density at radius 2 is 2.32 bits per heavy atom. The third-order valence-corrected chi connectivity index (χ3v) is 5.29. The van der Waals surface area contributed by atoms with Gasteiger partial charge in [0.1, 0.15) is 0 Å². The SMILES string of the molecule is N#CC(CCSc1nc2ccccc2s1)NC1CC1. The molecule has 0 amide bonds. The van der Waals surface area contributed by atoms with Gasteiger partial charge in [-0.05, 0) is 31.4 Å². The number of rotatable bonds is 6. The zero-order valence-electron chi connectivity index (χ0n) is 10.5. The van der Waals surface area contributed by atoms with E-state index in [1.807, 2.05) is 18.2 Å². The van der Waals surface area contributed by atoms with Crippen molar-refractivity contribution in [2.45, 2.75) is 35.7 Å². The summed E-state index contributed by atoms with van der Waals surface area (Å²) in [5.41, 5.74) is 1.07. The molecule has 1 saturated carbocycles. The van der Waals surface area contributed by atoms with E-state index in [-0.39, 0.29) is 6.04 Å². The lowest BCUT2D eigenvalue weighted by Crippen LogP contribution is -2.29. The molecule has 0 saturated heterocycles. The molecule has 1 aromatic carbocycles. The van der Waals surface area contributed by atoms with E-state index in [4.69, 9.17) is 5.26 Å². The summed E-state index contributed by atoms with van der Waals surface area (Å²) in [4.78, 5) is 4.59. The van der Waals surface area contributed by atoms with Gasteiger partial charge in [-0.25, -0.2) is 4.98 Å². The minimum atomic E-state index is -0.00521. The van der Waals surface area contributed by atoms with Gasteiger partial charge in [-0.1, -0.05) is 23.9 Å². The molecule has 0 aliphatic heterocycles. The molecular weight excluding hydrogens is 274 g/mol. The molecule has 5 heteroatoms. The first kappa shape index (κ1) is 12.9. The number of nitrogens with one attached hydrogen (secondary N) is 1. The number of nitrogens with zero attached hydrogens (tertiary/aromatic N) is 2. The number of aromatic nitrogens is 1. The van der Waals surface area contributed by atoms with Crippen LogP contribution in [0.3, 0.4) is 0 Å². The molecular formula is C14H15N3S2. The molecule has 0 radical (unpaired) electrons. The smallest absolute Gasteiger partial charge is 0.151 e. The standard InChI is InChI=1S/C14H15N3S2/c15-9-11(16-10-5-6-10)7-8-18-14-17-12-3-1-2-4-13(12)19-14/h1-4,10-11,16H,5-8H2. The molecule has 1 aliphatic rings. The quantitative estimate of drug-likeness (QED) is 0.828. The first-order valence-electron chi connectivity index (χ1n) is 6.49. The Bertz CT molecular complexity index is 565. The summed E-state index contributed by atoms with van der Waals surface area (Å²) in [7, 11) is 0. The number of thioether (sulfide) groups is 1. The number of nitriles is 1. The molecule has 1 fully saturated rings. The number of hydrogen-bond donors (Lipinski definition) is 1. The van der Waals surface area contributed by atoms with Crippen molar-refractivity contribution >= 4 is 33.3 Å². The van der Waals surface area contributed by atoms with Gasteiger partial charge in [0.2, 0.25) is 0 Å². The summed E-state index contributed by atoms with van der Waals surface area (Å²) >= 11 is 3.48. The number of para-hydroxylation sites is 1. The second-order valence-electron chi connectivity index (χ2n) is 4.71. The minimum absolute atomic E-state index is 0.00521. The minimum Gasteiger partial charge on any atom is -0.299 e. The molecule has 1 atom stereocenters. The lowest BCUT2D eigenvalue weighted by atomic mass is 10.2. The van der Waals surface area contributed by atoms with E-state index in [1.54, 1.807) is 23.1 Å². The van der Waals surface area contributed by atoms with Crippen LogP contribution >= 0.6 is 23.1 Å². The Hall–Kier alpha value is -1.09. The highest BCUT2D eigenvalue weighted by molar-refractivity contribution is 8.01. The van der Waals surface area contributed by atoms with Crippen molar-refractivity contribution in [3.05, 3.63) is 24.3 Å². The lowest BCUT2D eigenvalue weighted by molar-refractivity contribution is 0.587. The monoisotopic (exact) mass is 289 g/mol. The zero-order valence-corrected chi connectivity index (χ0v) is 12.1. The van der Waals surface area contributed by atoms with Crippen molar-refractivity contribution < 1.29 is 0 Å². The van der Waals surface area contributed by atoms with Gasteiger partial charge in [0.15, 0.2) is 4.34 Å². The molecule has 3 nitrogen and oxygen atoms in total. The third kappa shape index (κ3) is 3.47. The van der Waals surface area contributed by atoms with E-state index >= 15 is 0 Å². The topological polar surface area (TPSA) is 48.7 Å². The highest BCUT2D eigenvalue weighted by Crippen LogP contribution is 2.30. The summed E-state index contributed by atoms with van der Waals surface area (Å²) in [6.07, 6.45) is 3.33. The Morgan fingerprint density at radius 3 is 3.05 bits per heavy atom. The van der Waals surface area contributed by atoms with Crippen molar-refractivity contribution in [2.24, 2.45) is 0 Å². The van der Waals surface area contributed by atoms with E-state index in [0.717, 1.165) is 22.0 Å². The maximum absolute atomic E-state index is 9.08. The van der Waals surface area contributed by atoms with Gasteiger partial charge in [-0.3, -0.25) is 5.32 Å². The molecule has 3 rings (SSSR count). The normalized spacial score (nSPS) is 16.4. The Balaban J connectivity index is 1.52. The van der Waals surface area contributed by atoms with Crippen molar-refractivity contribution in [3.63, 3.8) is 0 Å². The predicted molar refractivity (Wildman–Crippen MR) is 80.5 cm³/mol. The molecule has 1 unspecified atom stereocenters. The van der Waals surface area contributed by atoms with Gasteiger partial charge in [0.25, 0.3) is 0 Å². The highest BCUT2D eigenvalue weighted by atomic mass is 32.2. The van der Waals surface area contributed by atoms with Crippen LogP contribution in [0, 0.1) is 11.3 Å². The number of benzene rings is 1. The second-order valence-corrected chi connectivity index (χ2v) is 7.08. The Labute approximate surface area is 121 Å². The molecule has 0 spiro atoms. The van der Waals surface area contributed by atoms with Crippen LogP contribution in [-0.4, -0.2) is 22.8 Å². The largest absolute Gasteiger partial charge is 0.299 e. The van der Waals surface area contributed by atoms with Crippen LogP contribution in [0.25, 0.3) is 10.2 Å². The molecule has 1 aromatic heterocycles. The summed E-state index contributed by atoms with van der Waals surface area (Å²) in [6.45, 7) is 0. The number of hydrogen-bond acceptors (Lipinski definition) is 5. The van der Waals surface area contributed by atoms with E-state index in [1.165, 1.54) is 17.5 Å². The van der Waals surface area contributed by atoms with Crippen molar-refractivity contribution in [1.29, 1.82) is 5.26 Å². The molecule has 98 valence electrons. The average Bonchev–Trinajstić information content (AvgIpc) is 3.14. The summed E-state index contributed by atoms with van der Waals surface area (Å²) in [5.74, 6) is 0.942. The van der Waals surface area contributed by atoms with Crippen molar-refractivity contribution in [2.75, 3.05) is 5.75 Å². The van der Waals surface area contributed by atoms with Gasteiger partial charge < -0.3 is 0 Å². The van der Waals surface area contributed by atoms with E-state index < -0.39 is 0 Å². The first-order valence-corrected chi connectivity index (χ1v) is 8.29. The van der Waals surface area contributed by atoms with Crippen LogP contribution in [-0.2, 0) is 0 Å². The highest BCUT2D eigenvalue weighted by Gasteiger charge is 2.24. The average molecular weight is 289 g/mol. The molecule has 0 bridgehead atoms. The second kappa shape index (κ2) is 5.91. The molecule has 1 aliphatic carbocycles. The number of fused-ring (bicyclic) bond motifs is 1. The van der Waals surface area contributed by atoms with E-state index in [9.17, 15) is 0 Å². The van der Waals surface area contributed by atoms with Gasteiger partial charge in [0, 0.05) is 11.8 Å². The van der Waals surface area contributed by atoms with Crippen LogP contribution in [0.15, 0.2) is 28.6 Å². The van der Waals surface area contributed by atoms with Crippen LogP contribution in [0.5, 0.6) is 0 Å². The maximum Gasteiger partial charge on any atom is 0.151 e. The van der Waals surface area contributed by atoms with Gasteiger partial charge in [-0.2, -0.15) is 5.26 Å². The summed E-state index contributed by atoms with van der Waals surface area (Å²) < 4.78 is 2.34. The summed E-state index contributed by atoms with van der Waals surface area (Å²) in [6, 6.07) is 11.1. The molecule has 19 heavy (non-hydrogen) atoms. The van der Waals surface area contributed by atoms with Crippen molar-refractivity contribution in [3.8, 4) is 6.07 Å². The van der Waals surface area contributed by atoms with Crippen LogP contribution in [0.2, 0.25) is 0 Å². The maximum atomic E-state index is 9.08. The predicted octanol–water partition coefficient (Wildman–Crippen LogP) is 3.42. The first-order chi connectivity index (χ1) is 9.35. The lowest BCUT2D eigenvalue weighted by Gasteiger charge is -2.08.